The first kappa shape index (κ1) is 28.5. The minimum absolute atomic E-state index is 0.114. The number of amides is 2. The van der Waals surface area contributed by atoms with E-state index in [1.807, 2.05) is 67.8 Å². The number of para-hydroxylation sites is 1. The lowest BCUT2D eigenvalue weighted by Crippen LogP contribution is -2.29. The summed E-state index contributed by atoms with van der Waals surface area (Å²) in [5.41, 5.74) is 2.62. The van der Waals surface area contributed by atoms with E-state index in [0.717, 1.165) is 32.5 Å². The van der Waals surface area contributed by atoms with Gasteiger partial charge in [-0.05, 0) is 35.9 Å². The van der Waals surface area contributed by atoms with Crippen molar-refractivity contribution in [2.24, 2.45) is 0 Å². The van der Waals surface area contributed by atoms with Gasteiger partial charge in [0.2, 0.25) is 0 Å². The molecule has 0 spiro atoms. The summed E-state index contributed by atoms with van der Waals surface area (Å²) in [7, 11) is 0. The number of phenols is 1. The maximum absolute atomic E-state index is 13.1. The van der Waals surface area contributed by atoms with E-state index in [0.29, 0.717) is 18.1 Å². The number of rotatable bonds is 7. The van der Waals surface area contributed by atoms with E-state index in [9.17, 15) is 9.90 Å². The van der Waals surface area contributed by atoms with Crippen molar-refractivity contribution in [1.29, 1.82) is 0 Å². The SMILES string of the molecule is CC(C)c1nnc2ccc(Sc3ccccc3CNC(=O)Nc3cc(C(C)(C)C)nn3-c3cccc(Cl)c3O)cn12. The molecule has 2 aromatic carbocycles. The minimum atomic E-state index is -0.402. The van der Waals surface area contributed by atoms with Crippen LogP contribution in [0.25, 0.3) is 11.3 Å². The van der Waals surface area contributed by atoms with E-state index in [-0.39, 0.29) is 22.1 Å². The summed E-state index contributed by atoms with van der Waals surface area (Å²) in [4.78, 5) is 15.2. The predicted octanol–water partition coefficient (Wildman–Crippen LogP) is 7.17. The smallest absolute Gasteiger partial charge is 0.320 e. The molecular weight excluding hydrogens is 558 g/mol. The fourth-order valence-electron chi connectivity index (χ4n) is 4.25. The third-order valence-corrected chi connectivity index (χ3v) is 7.87. The molecule has 0 atom stereocenters. The maximum atomic E-state index is 13.1. The summed E-state index contributed by atoms with van der Waals surface area (Å²) < 4.78 is 3.52. The maximum Gasteiger partial charge on any atom is 0.320 e. The average Bonchev–Trinajstić information content (AvgIpc) is 3.54. The van der Waals surface area contributed by atoms with E-state index in [1.165, 1.54) is 4.68 Å². The Morgan fingerprint density at radius 3 is 2.61 bits per heavy atom. The molecule has 0 fully saturated rings. The van der Waals surface area contributed by atoms with E-state index in [2.05, 4.69) is 39.8 Å². The zero-order valence-corrected chi connectivity index (χ0v) is 25.1. The summed E-state index contributed by atoms with van der Waals surface area (Å²) >= 11 is 7.77. The van der Waals surface area contributed by atoms with Gasteiger partial charge in [-0.2, -0.15) is 5.10 Å². The highest BCUT2D eigenvalue weighted by molar-refractivity contribution is 7.99. The van der Waals surface area contributed by atoms with E-state index >= 15 is 0 Å². The first-order valence-corrected chi connectivity index (χ1v) is 14.4. The van der Waals surface area contributed by atoms with Crippen LogP contribution in [0.4, 0.5) is 10.6 Å². The number of phenolic OH excluding ortho intramolecular Hbond substituents is 1. The van der Waals surface area contributed by atoms with Crippen molar-refractivity contribution in [3.63, 3.8) is 0 Å². The first-order valence-electron chi connectivity index (χ1n) is 13.2. The molecule has 0 unspecified atom stereocenters. The zero-order valence-electron chi connectivity index (χ0n) is 23.5. The molecule has 0 radical (unpaired) electrons. The second kappa shape index (κ2) is 11.5. The summed E-state index contributed by atoms with van der Waals surface area (Å²) in [6.07, 6.45) is 2.05. The van der Waals surface area contributed by atoms with E-state index in [1.54, 1.807) is 36.0 Å². The molecule has 0 saturated carbocycles. The molecule has 0 aliphatic heterocycles. The highest BCUT2D eigenvalue weighted by atomic mass is 35.5. The monoisotopic (exact) mass is 589 g/mol. The Morgan fingerprint density at radius 2 is 1.85 bits per heavy atom. The zero-order chi connectivity index (χ0) is 29.3. The van der Waals surface area contributed by atoms with Crippen molar-refractivity contribution >= 4 is 40.9 Å². The second-order valence-electron chi connectivity index (χ2n) is 11.0. The van der Waals surface area contributed by atoms with Gasteiger partial charge in [0.25, 0.3) is 0 Å². The number of benzene rings is 2. The number of aromatic nitrogens is 5. The van der Waals surface area contributed by atoms with Gasteiger partial charge in [0.15, 0.2) is 11.4 Å². The molecule has 0 aliphatic carbocycles. The Hall–Kier alpha value is -4.02. The van der Waals surface area contributed by atoms with Crippen LogP contribution in [0.1, 0.15) is 57.6 Å². The van der Waals surface area contributed by atoms with Crippen molar-refractivity contribution in [2.45, 2.75) is 62.3 Å². The van der Waals surface area contributed by atoms with Crippen LogP contribution in [0.3, 0.4) is 0 Å². The van der Waals surface area contributed by atoms with Crippen molar-refractivity contribution < 1.29 is 9.90 Å². The van der Waals surface area contributed by atoms with Gasteiger partial charge < -0.3 is 10.4 Å². The number of aromatic hydroxyl groups is 1. The number of hydrogen-bond acceptors (Lipinski definition) is 6. The van der Waals surface area contributed by atoms with Crippen molar-refractivity contribution in [2.75, 3.05) is 5.32 Å². The molecular formula is C30H32ClN7O2S. The van der Waals surface area contributed by atoms with Crippen LogP contribution in [0.5, 0.6) is 5.75 Å². The fraction of sp³-hybridized carbons (Fsp3) is 0.267. The van der Waals surface area contributed by atoms with Crippen molar-refractivity contribution in [1.82, 2.24) is 29.7 Å². The Balaban J connectivity index is 1.34. The highest BCUT2D eigenvalue weighted by Gasteiger charge is 2.23. The lowest BCUT2D eigenvalue weighted by atomic mass is 9.92. The number of pyridine rings is 1. The lowest BCUT2D eigenvalue weighted by molar-refractivity contribution is 0.251. The number of fused-ring (bicyclic) bond motifs is 1. The third-order valence-electron chi connectivity index (χ3n) is 6.47. The second-order valence-corrected chi connectivity index (χ2v) is 12.5. The van der Waals surface area contributed by atoms with Crippen LogP contribution in [0, 0.1) is 0 Å². The number of carbonyl (C=O) groups is 1. The van der Waals surface area contributed by atoms with Gasteiger partial charge in [0.05, 0.1) is 10.7 Å². The van der Waals surface area contributed by atoms with Crippen LogP contribution in [-0.4, -0.2) is 35.5 Å². The Morgan fingerprint density at radius 1 is 1.07 bits per heavy atom. The summed E-state index contributed by atoms with van der Waals surface area (Å²) in [5.74, 6) is 1.46. The molecule has 0 bridgehead atoms. The van der Waals surface area contributed by atoms with E-state index in [4.69, 9.17) is 11.6 Å². The number of hydrogen-bond donors (Lipinski definition) is 3. The first-order chi connectivity index (χ1) is 19.5. The quantitative estimate of drug-likeness (QED) is 0.186. The van der Waals surface area contributed by atoms with E-state index < -0.39 is 6.03 Å². The van der Waals surface area contributed by atoms with Gasteiger partial charge in [-0.1, -0.05) is 82.2 Å². The summed E-state index contributed by atoms with van der Waals surface area (Å²) in [6, 6.07) is 18.3. The highest BCUT2D eigenvalue weighted by Crippen LogP contribution is 2.34. The molecule has 3 aromatic heterocycles. The largest absolute Gasteiger partial charge is 0.504 e. The predicted molar refractivity (Wildman–Crippen MR) is 162 cm³/mol. The van der Waals surface area contributed by atoms with Gasteiger partial charge in [0.1, 0.15) is 17.3 Å². The van der Waals surface area contributed by atoms with Crippen LogP contribution in [0.2, 0.25) is 5.02 Å². The molecule has 41 heavy (non-hydrogen) atoms. The Labute approximate surface area is 248 Å². The van der Waals surface area contributed by atoms with Gasteiger partial charge in [-0.25, -0.2) is 9.48 Å². The molecule has 0 aliphatic rings. The molecule has 2 amide bonds. The third kappa shape index (κ3) is 6.18. The number of nitrogens with zero attached hydrogens (tertiary/aromatic N) is 5. The normalized spacial score (nSPS) is 11.8. The van der Waals surface area contributed by atoms with Crippen LogP contribution < -0.4 is 10.6 Å². The molecule has 11 heteroatoms. The molecule has 5 rings (SSSR count). The summed E-state index contributed by atoms with van der Waals surface area (Å²) in [6.45, 7) is 10.6. The molecule has 3 heterocycles. The molecule has 212 valence electrons. The van der Waals surface area contributed by atoms with Gasteiger partial charge in [-0.3, -0.25) is 9.72 Å². The van der Waals surface area contributed by atoms with Gasteiger partial charge in [-0.15, -0.1) is 10.2 Å². The number of carbonyl (C=O) groups excluding carboxylic acids is 1. The van der Waals surface area contributed by atoms with Crippen LogP contribution in [0.15, 0.2) is 76.7 Å². The van der Waals surface area contributed by atoms with Gasteiger partial charge in [0, 0.05) is 39.9 Å². The van der Waals surface area contributed by atoms with Crippen LogP contribution >= 0.6 is 23.4 Å². The topological polar surface area (TPSA) is 109 Å². The minimum Gasteiger partial charge on any atom is -0.504 e. The molecule has 5 aromatic rings. The number of nitrogens with one attached hydrogen (secondary N) is 2. The number of urea groups is 1. The standard InChI is InChI=1S/C30H32ClN7O2S/c1-18(2)28-35-34-25-14-13-20(17-37(25)28)41-23-12-7-6-9-19(23)16-32-29(40)33-26-15-24(30(3,4)5)36-38(26)22-11-8-10-21(31)27(22)39/h6-15,17-18,39H,16H2,1-5H3,(H2,32,33,40). The fourth-order valence-corrected chi connectivity index (χ4v) is 5.39. The van der Waals surface area contributed by atoms with Crippen molar-refractivity contribution in [3.05, 3.63) is 89.0 Å². The van der Waals surface area contributed by atoms with Crippen LogP contribution in [-0.2, 0) is 12.0 Å². The van der Waals surface area contributed by atoms with Crippen molar-refractivity contribution in [3.8, 4) is 11.4 Å². The lowest BCUT2D eigenvalue weighted by Gasteiger charge is -2.14. The Kier molecular flexibility index (Phi) is 7.97. The average molecular weight is 590 g/mol. The summed E-state index contributed by atoms with van der Waals surface area (Å²) in [5, 5.41) is 29.9. The number of anilines is 1. The molecule has 3 N–H and O–H groups in total. The number of halogens is 1. The molecule has 0 saturated heterocycles. The Bertz CT molecular complexity index is 1720. The van der Waals surface area contributed by atoms with Gasteiger partial charge >= 0.3 is 6.03 Å². The molecule has 9 nitrogen and oxygen atoms in total.